The molecule has 1 saturated carbocycles. The first-order chi connectivity index (χ1) is 8.99. The SMILES string of the molecule is Cc1cccc(CCC(C(=O)O)C2CC2C(=O)O)c1. The van der Waals surface area contributed by atoms with E-state index in [1.807, 2.05) is 31.2 Å². The fourth-order valence-electron chi connectivity index (χ4n) is 2.65. The highest BCUT2D eigenvalue weighted by Gasteiger charge is 2.50. The van der Waals surface area contributed by atoms with Crippen molar-refractivity contribution in [3.63, 3.8) is 0 Å². The molecule has 0 radical (unpaired) electrons. The number of carbonyl (C=O) groups is 2. The highest BCUT2D eigenvalue weighted by molar-refractivity contribution is 5.77. The van der Waals surface area contributed by atoms with E-state index in [4.69, 9.17) is 5.11 Å². The lowest BCUT2D eigenvalue weighted by Gasteiger charge is -2.11. The van der Waals surface area contributed by atoms with Gasteiger partial charge in [-0.2, -0.15) is 0 Å². The predicted octanol–water partition coefficient (Wildman–Crippen LogP) is 2.35. The van der Waals surface area contributed by atoms with Gasteiger partial charge in [-0.05, 0) is 37.7 Å². The van der Waals surface area contributed by atoms with Crippen molar-refractivity contribution in [2.24, 2.45) is 17.8 Å². The molecule has 1 aromatic carbocycles. The summed E-state index contributed by atoms with van der Waals surface area (Å²) in [5.41, 5.74) is 2.26. The minimum atomic E-state index is -0.874. The number of aliphatic carboxylic acids is 2. The molecule has 1 aliphatic rings. The minimum Gasteiger partial charge on any atom is -0.481 e. The third-order valence-electron chi connectivity index (χ3n) is 3.82. The van der Waals surface area contributed by atoms with Gasteiger partial charge in [0, 0.05) is 0 Å². The Kier molecular flexibility index (Phi) is 3.88. The summed E-state index contributed by atoms with van der Waals surface area (Å²) in [5.74, 6) is -2.94. The maximum atomic E-state index is 11.2. The van der Waals surface area contributed by atoms with E-state index >= 15 is 0 Å². The monoisotopic (exact) mass is 262 g/mol. The van der Waals surface area contributed by atoms with Crippen molar-refractivity contribution in [2.45, 2.75) is 26.2 Å². The van der Waals surface area contributed by atoms with E-state index < -0.39 is 23.8 Å². The first-order valence-electron chi connectivity index (χ1n) is 6.50. The zero-order valence-electron chi connectivity index (χ0n) is 10.9. The number of benzene rings is 1. The number of hydrogen-bond acceptors (Lipinski definition) is 2. The maximum Gasteiger partial charge on any atom is 0.306 e. The van der Waals surface area contributed by atoms with E-state index in [1.165, 1.54) is 0 Å². The first kappa shape index (κ1) is 13.6. The van der Waals surface area contributed by atoms with Gasteiger partial charge in [0.15, 0.2) is 0 Å². The Labute approximate surface area is 112 Å². The van der Waals surface area contributed by atoms with Gasteiger partial charge in [-0.3, -0.25) is 9.59 Å². The quantitative estimate of drug-likeness (QED) is 0.825. The third kappa shape index (κ3) is 3.34. The number of carboxylic acid groups (broad SMARTS) is 2. The summed E-state index contributed by atoms with van der Waals surface area (Å²) >= 11 is 0. The lowest BCUT2D eigenvalue weighted by Crippen LogP contribution is -2.19. The highest BCUT2D eigenvalue weighted by Crippen LogP contribution is 2.46. The molecule has 102 valence electrons. The largest absolute Gasteiger partial charge is 0.481 e. The molecular formula is C15H18O4. The molecule has 4 nitrogen and oxygen atoms in total. The molecule has 3 unspecified atom stereocenters. The average Bonchev–Trinajstić information content (AvgIpc) is 3.09. The molecule has 4 heteroatoms. The molecule has 3 atom stereocenters. The van der Waals surface area contributed by atoms with E-state index in [1.54, 1.807) is 0 Å². The third-order valence-corrected chi connectivity index (χ3v) is 3.82. The molecule has 1 aliphatic carbocycles. The van der Waals surface area contributed by atoms with Gasteiger partial charge in [-0.15, -0.1) is 0 Å². The molecule has 0 spiro atoms. The molecule has 0 amide bonds. The van der Waals surface area contributed by atoms with Gasteiger partial charge in [0.2, 0.25) is 0 Å². The fraction of sp³-hybridized carbons (Fsp3) is 0.467. The summed E-state index contributed by atoms with van der Waals surface area (Å²) in [7, 11) is 0. The van der Waals surface area contributed by atoms with Crippen molar-refractivity contribution in [3.8, 4) is 0 Å². The van der Waals surface area contributed by atoms with Crippen molar-refractivity contribution in [2.75, 3.05) is 0 Å². The van der Waals surface area contributed by atoms with Gasteiger partial charge in [-0.25, -0.2) is 0 Å². The van der Waals surface area contributed by atoms with Gasteiger partial charge in [0.05, 0.1) is 11.8 Å². The van der Waals surface area contributed by atoms with Crippen LogP contribution in [0.5, 0.6) is 0 Å². The van der Waals surface area contributed by atoms with Crippen LogP contribution in [0.1, 0.15) is 24.0 Å². The standard InChI is InChI=1S/C15H18O4/c1-9-3-2-4-10(7-9)5-6-11(14(16)17)12-8-13(12)15(18)19/h2-4,7,11-13H,5-6,8H2,1H3,(H,16,17)(H,18,19). The van der Waals surface area contributed by atoms with Crippen LogP contribution in [0.4, 0.5) is 0 Å². The first-order valence-corrected chi connectivity index (χ1v) is 6.50. The van der Waals surface area contributed by atoms with Crippen LogP contribution < -0.4 is 0 Å². The van der Waals surface area contributed by atoms with Crippen molar-refractivity contribution in [1.29, 1.82) is 0 Å². The zero-order valence-corrected chi connectivity index (χ0v) is 10.9. The summed E-state index contributed by atoms with van der Waals surface area (Å²) in [6, 6.07) is 7.98. The van der Waals surface area contributed by atoms with Crippen LogP contribution in [0.25, 0.3) is 0 Å². The van der Waals surface area contributed by atoms with E-state index in [-0.39, 0.29) is 5.92 Å². The van der Waals surface area contributed by atoms with Crippen LogP contribution >= 0.6 is 0 Å². The topological polar surface area (TPSA) is 74.6 Å². The van der Waals surface area contributed by atoms with Crippen LogP contribution in [0.15, 0.2) is 24.3 Å². The molecule has 1 fully saturated rings. The minimum absolute atomic E-state index is 0.195. The second-order valence-corrected chi connectivity index (χ2v) is 5.32. The number of aryl methyl sites for hydroxylation is 2. The van der Waals surface area contributed by atoms with Crippen LogP contribution in [-0.2, 0) is 16.0 Å². The van der Waals surface area contributed by atoms with Crippen LogP contribution in [0.2, 0.25) is 0 Å². The summed E-state index contributed by atoms with van der Waals surface area (Å²) < 4.78 is 0. The smallest absolute Gasteiger partial charge is 0.306 e. The maximum absolute atomic E-state index is 11.2. The van der Waals surface area contributed by atoms with E-state index in [0.29, 0.717) is 19.3 Å². The van der Waals surface area contributed by atoms with Crippen molar-refractivity contribution in [1.82, 2.24) is 0 Å². The molecule has 0 heterocycles. The molecule has 0 aliphatic heterocycles. The lowest BCUT2D eigenvalue weighted by atomic mass is 9.93. The van der Waals surface area contributed by atoms with Crippen molar-refractivity contribution >= 4 is 11.9 Å². The van der Waals surface area contributed by atoms with Gasteiger partial charge in [0.1, 0.15) is 0 Å². The summed E-state index contributed by atoms with van der Waals surface area (Å²) in [6.07, 6.45) is 1.69. The Balaban J connectivity index is 1.95. The lowest BCUT2D eigenvalue weighted by molar-refractivity contribution is -0.143. The van der Waals surface area contributed by atoms with Gasteiger partial charge in [0.25, 0.3) is 0 Å². The molecule has 19 heavy (non-hydrogen) atoms. The van der Waals surface area contributed by atoms with Crippen molar-refractivity contribution in [3.05, 3.63) is 35.4 Å². The highest BCUT2D eigenvalue weighted by atomic mass is 16.4. The predicted molar refractivity (Wildman–Crippen MR) is 69.9 cm³/mol. The van der Waals surface area contributed by atoms with Crippen LogP contribution in [-0.4, -0.2) is 22.2 Å². The molecule has 2 N–H and O–H groups in total. The Morgan fingerprint density at radius 2 is 2.11 bits per heavy atom. The second-order valence-electron chi connectivity index (χ2n) is 5.32. The molecule has 0 bridgehead atoms. The van der Waals surface area contributed by atoms with Crippen LogP contribution in [0.3, 0.4) is 0 Å². The summed E-state index contributed by atoms with van der Waals surface area (Å²) in [6.45, 7) is 2.00. The normalized spacial score (nSPS) is 22.8. The van der Waals surface area contributed by atoms with Gasteiger partial charge >= 0.3 is 11.9 Å². The van der Waals surface area contributed by atoms with E-state index in [0.717, 1.165) is 11.1 Å². The molecule has 0 aromatic heterocycles. The Hall–Kier alpha value is -1.84. The van der Waals surface area contributed by atoms with Crippen LogP contribution in [0, 0.1) is 24.7 Å². The summed E-state index contributed by atoms with van der Waals surface area (Å²) in [5, 5.41) is 18.1. The van der Waals surface area contributed by atoms with Gasteiger partial charge < -0.3 is 10.2 Å². The van der Waals surface area contributed by atoms with E-state index in [9.17, 15) is 14.7 Å². The number of carboxylic acids is 2. The summed E-state index contributed by atoms with van der Waals surface area (Å²) in [4.78, 5) is 22.1. The number of rotatable bonds is 6. The number of hydrogen-bond donors (Lipinski definition) is 2. The molecule has 2 rings (SSSR count). The van der Waals surface area contributed by atoms with Gasteiger partial charge in [-0.1, -0.05) is 29.8 Å². The second kappa shape index (κ2) is 5.43. The molecular weight excluding hydrogens is 244 g/mol. The van der Waals surface area contributed by atoms with Crippen molar-refractivity contribution < 1.29 is 19.8 Å². The Bertz CT molecular complexity index is 495. The molecule has 1 aromatic rings. The zero-order chi connectivity index (χ0) is 14.0. The Morgan fingerprint density at radius 3 is 2.63 bits per heavy atom. The Morgan fingerprint density at radius 1 is 1.37 bits per heavy atom. The molecule has 0 saturated heterocycles. The fourth-order valence-corrected chi connectivity index (χ4v) is 2.65. The van der Waals surface area contributed by atoms with E-state index in [2.05, 4.69) is 0 Å². The average molecular weight is 262 g/mol.